The zero-order chi connectivity index (χ0) is 30.9. The molecule has 2 atom stereocenters. The maximum Gasteiger partial charge on any atom is 0.390 e. The number of nitrogen functional groups attached to an aromatic ring is 1. The van der Waals surface area contributed by atoms with Gasteiger partial charge in [0, 0.05) is 44.5 Å². The van der Waals surface area contributed by atoms with Crippen LogP contribution in [0.25, 0.3) is 16.8 Å². The monoisotopic (exact) mass is 630 g/mol. The van der Waals surface area contributed by atoms with Crippen LogP contribution in [0.3, 0.4) is 0 Å². The maximum absolute atomic E-state index is 14.8. The van der Waals surface area contributed by atoms with Crippen molar-refractivity contribution >= 4 is 27.3 Å². The van der Waals surface area contributed by atoms with Crippen LogP contribution in [0.15, 0.2) is 24.7 Å². The van der Waals surface area contributed by atoms with Gasteiger partial charge in [-0.2, -0.15) is 22.6 Å². The number of pyridine rings is 1. The van der Waals surface area contributed by atoms with Gasteiger partial charge in [0.05, 0.1) is 44.2 Å². The zero-order valence-electron chi connectivity index (χ0n) is 23.1. The summed E-state index contributed by atoms with van der Waals surface area (Å²) in [5, 5.41) is 6.79. The first-order chi connectivity index (χ1) is 20.4. The van der Waals surface area contributed by atoms with E-state index >= 15 is 0 Å². The standard InChI is InChI=1S/C25H30F4N8O5S/c1-41-24-17(23(38)34-19-13-36(12-18(19)26)43(39,40)7-2-25(27,28)29)8-15(10-31-24)20-9-16(11-35-3-5-42-6-4-35)21-22(30)32-14-33-37(20)21/h8-10,14,18-19H,2-7,11-13H2,1H3,(H,34,38)(H2,30,32,33). The molecule has 3 aromatic rings. The number of carbonyl (C=O) groups excluding carboxylic acids is 1. The van der Waals surface area contributed by atoms with Crippen LogP contribution in [-0.4, -0.2) is 114 Å². The minimum atomic E-state index is -4.68. The Morgan fingerprint density at radius 3 is 2.65 bits per heavy atom. The minimum Gasteiger partial charge on any atom is -0.480 e. The molecule has 234 valence electrons. The van der Waals surface area contributed by atoms with E-state index in [1.807, 2.05) is 6.07 Å². The first kappa shape index (κ1) is 30.8. The number of aromatic nitrogens is 4. The minimum absolute atomic E-state index is 0.0720. The fourth-order valence-electron chi connectivity index (χ4n) is 5.10. The lowest BCUT2D eigenvalue weighted by atomic mass is 10.1. The van der Waals surface area contributed by atoms with Crippen molar-refractivity contribution in [1.82, 2.24) is 34.1 Å². The lowest BCUT2D eigenvalue weighted by Gasteiger charge is -2.26. The number of rotatable bonds is 9. The number of hydrogen-bond donors (Lipinski definition) is 2. The molecule has 0 saturated carbocycles. The Morgan fingerprint density at radius 2 is 1.95 bits per heavy atom. The lowest BCUT2D eigenvalue weighted by Crippen LogP contribution is -2.42. The summed E-state index contributed by atoms with van der Waals surface area (Å²) in [5.41, 5.74) is 8.56. The molecule has 13 nitrogen and oxygen atoms in total. The Morgan fingerprint density at radius 1 is 1.21 bits per heavy atom. The van der Waals surface area contributed by atoms with Crippen molar-refractivity contribution in [3.63, 3.8) is 0 Å². The van der Waals surface area contributed by atoms with Gasteiger partial charge >= 0.3 is 6.18 Å². The number of anilines is 1. The van der Waals surface area contributed by atoms with Crippen molar-refractivity contribution in [2.24, 2.45) is 0 Å². The molecule has 5 rings (SSSR count). The molecule has 1 amide bonds. The number of morpholine rings is 1. The van der Waals surface area contributed by atoms with Crippen LogP contribution >= 0.6 is 0 Å². The predicted molar refractivity (Wildman–Crippen MR) is 145 cm³/mol. The molecule has 43 heavy (non-hydrogen) atoms. The molecule has 3 N–H and O–H groups in total. The largest absolute Gasteiger partial charge is 0.480 e. The number of halogens is 4. The predicted octanol–water partition coefficient (Wildman–Crippen LogP) is 1.25. The highest BCUT2D eigenvalue weighted by molar-refractivity contribution is 7.89. The molecule has 5 heterocycles. The van der Waals surface area contributed by atoms with Crippen LogP contribution in [-0.2, 0) is 21.3 Å². The fraction of sp³-hybridized carbons (Fsp3) is 0.520. The van der Waals surface area contributed by atoms with Crippen LogP contribution in [0.5, 0.6) is 5.88 Å². The third-order valence-corrected chi connectivity index (χ3v) is 9.12. The number of nitrogens with one attached hydrogen (secondary N) is 1. The van der Waals surface area contributed by atoms with Crippen LogP contribution < -0.4 is 15.8 Å². The molecule has 2 unspecified atom stereocenters. The van der Waals surface area contributed by atoms with Gasteiger partial charge in [0.25, 0.3) is 5.91 Å². The van der Waals surface area contributed by atoms with Gasteiger partial charge in [-0.25, -0.2) is 27.3 Å². The number of ether oxygens (including phenoxy) is 2. The summed E-state index contributed by atoms with van der Waals surface area (Å²) >= 11 is 0. The highest BCUT2D eigenvalue weighted by Gasteiger charge is 2.41. The molecule has 0 aliphatic carbocycles. The van der Waals surface area contributed by atoms with E-state index in [0.717, 1.165) is 18.7 Å². The van der Waals surface area contributed by atoms with Crippen molar-refractivity contribution in [2.75, 3.05) is 58.0 Å². The van der Waals surface area contributed by atoms with Gasteiger partial charge in [-0.05, 0) is 17.7 Å². The van der Waals surface area contributed by atoms with E-state index in [2.05, 4.69) is 25.3 Å². The molecule has 2 aliphatic rings. The van der Waals surface area contributed by atoms with Gasteiger partial charge in [-0.1, -0.05) is 0 Å². The number of amides is 1. The van der Waals surface area contributed by atoms with E-state index in [1.54, 1.807) is 4.52 Å². The van der Waals surface area contributed by atoms with E-state index in [9.17, 15) is 30.8 Å². The first-order valence-electron chi connectivity index (χ1n) is 13.3. The van der Waals surface area contributed by atoms with Crippen molar-refractivity contribution in [3.8, 4) is 17.1 Å². The van der Waals surface area contributed by atoms with Crippen molar-refractivity contribution in [1.29, 1.82) is 0 Å². The number of methoxy groups -OCH3 is 1. The molecular formula is C25H30F4N8O5S. The van der Waals surface area contributed by atoms with Crippen molar-refractivity contribution in [3.05, 3.63) is 35.8 Å². The third kappa shape index (κ3) is 6.81. The molecule has 3 aromatic heterocycles. The molecule has 18 heteroatoms. The van der Waals surface area contributed by atoms with Gasteiger partial charge in [0.2, 0.25) is 15.9 Å². The molecule has 2 aliphatic heterocycles. The molecule has 0 radical (unpaired) electrons. The summed E-state index contributed by atoms with van der Waals surface area (Å²) in [6, 6.07) is 2.03. The Balaban J connectivity index is 1.39. The van der Waals surface area contributed by atoms with E-state index in [1.165, 1.54) is 25.7 Å². The van der Waals surface area contributed by atoms with E-state index in [4.69, 9.17) is 15.2 Å². The van der Waals surface area contributed by atoms with Crippen molar-refractivity contribution in [2.45, 2.75) is 31.4 Å². The second-order valence-corrected chi connectivity index (χ2v) is 12.3. The Kier molecular flexibility index (Phi) is 8.73. The van der Waals surface area contributed by atoms with E-state index in [-0.39, 0.29) is 17.3 Å². The summed E-state index contributed by atoms with van der Waals surface area (Å²) in [7, 11) is -3.10. The maximum atomic E-state index is 14.8. The Bertz CT molecular complexity index is 1600. The van der Waals surface area contributed by atoms with Crippen LogP contribution in [0, 0.1) is 0 Å². The Hall–Kier alpha value is -3.61. The molecule has 2 saturated heterocycles. The summed E-state index contributed by atoms with van der Waals surface area (Å²) in [6.45, 7) is 2.01. The van der Waals surface area contributed by atoms with Crippen LogP contribution in [0.2, 0.25) is 0 Å². The smallest absolute Gasteiger partial charge is 0.390 e. The molecule has 0 aromatic carbocycles. The quantitative estimate of drug-likeness (QED) is 0.330. The number of nitrogens with two attached hydrogens (primary N) is 1. The highest BCUT2D eigenvalue weighted by atomic mass is 32.2. The van der Waals surface area contributed by atoms with Gasteiger partial charge in [-0.15, -0.1) is 0 Å². The molecule has 0 bridgehead atoms. The number of nitrogens with zero attached hydrogens (tertiary/aromatic N) is 6. The highest BCUT2D eigenvalue weighted by Crippen LogP contribution is 2.31. The van der Waals surface area contributed by atoms with Gasteiger partial charge in [-0.3, -0.25) is 9.69 Å². The lowest BCUT2D eigenvalue weighted by molar-refractivity contribution is -0.130. The van der Waals surface area contributed by atoms with Crippen LogP contribution in [0.4, 0.5) is 23.4 Å². The van der Waals surface area contributed by atoms with E-state index < -0.39 is 59.6 Å². The number of carbonyl (C=O) groups is 1. The Labute approximate surface area is 244 Å². The second-order valence-electron chi connectivity index (χ2n) is 10.2. The normalized spacial score (nSPS) is 20.5. The van der Waals surface area contributed by atoms with E-state index in [0.29, 0.717) is 40.8 Å². The number of fused-ring (bicyclic) bond motifs is 1. The molecule has 0 spiro atoms. The summed E-state index contributed by atoms with van der Waals surface area (Å²) < 4.78 is 90.2. The van der Waals surface area contributed by atoms with Gasteiger partial charge in [0.1, 0.15) is 23.6 Å². The van der Waals surface area contributed by atoms with Crippen LogP contribution in [0.1, 0.15) is 22.3 Å². The summed E-state index contributed by atoms with van der Waals surface area (Å²) in [5.74, 6) is -1.84. The molecule has 2 fully saturated rings. The number of sulfonamides is 1. The fourth-order valence-corrected chi connectivity index (χ4v) is 6.61. The molecular weight excluding hydrogens is 600 g/mol. The first-order valence-corrected chi connectivity index (χ1v) is 14.9. The summed E-state index contributed by atoms with van der Waals surface area (Å²) in [4.78, 5) is 23.9. The topological polar surface area (TPSA) is 157 Å². The average Bonchev–Trinajstić information content (AvgIpc) is 3.53. The average molecular weight is 631 g/mol. The third-order valence-electron chi connectivity index (χ3n) is 7.31. The zero-order valence-corrected chi connectivity index (χ0v) is 23.9. The van der Waals surface area contributed by atoms with Crippen molar-refractivity contribution < 1.29 is 40.2 Å². The summed E-state index contributed by atoms with van der Waals surface area (Å²) in [6.07, 6.45) is -5.32. The van der Waals surface area contributed by atoms with Gasteiger partial charge < -0.3 is 20.5 Å². The SMILES string of the molecule is COc1ncc(-c2cc(CN3CCOCC3)c3c(N)ncnn23)cc1C(=O)NC1CN(S(=O)(=O)CCC(F)(F)F)CC1F. The van der Waals surface area contributed by atoms with Gasteiger partial charge in [0.15, 0.2) is 5.82 Å². The number of hydrogen-bond acceptors (Lipinski definition) is 10. The number of alkyl halides is 4. The second kappa shape index (κ2) is 12.2.